The molecule has 0 unspecified atom stereocenters. The smallest absolute Gasteiger partial charge is 0.127 e. The number of hydrogen-bond acceptors (Lipinski definition) is 6. The van der Waals surface area contributed by atoms with Crippen molar-refractivity contribution in [3.05, 3.63) is 112 Å². The molecule has 0 spiro atoms. The molecule has 320 valence electrons. The second kappa shape index (κ2) is 15.2. The molecule has 0 aliphatic rings. The Bertz CT molecular complexity index is 2910. The van der Waals surface area contributed by atoms with E-state index >= 15 is 0 Å². The zero-order valence-corrected chi connectivity index (χ0v) is 39.8. The van der Waals surface area contributed by atoms with E-state index in [1.54, 1.807) is 6.07 Å². The van der Waals surface area contributed by atoms with Gasteiger partial charge in [0.15, 0.2) is 0 Å². The van der Waals surface area contributed by atoms with Crippen LogP contribution < -0.4 is 0 Å². The molecule has 0 heterocycles. The maximum atomic E-state index is 12.3. The van der Waals surface area contributed by atoms with Crippen LogP contribution in [0.3, 0.4) is 0 Å². The first kappa shape index (κ1) is 44.7. The quantitative estimate of drug-likeness (QED) is 0.103. The lowest BCUT2D eigenvalue weighted by molar-refractivity contribution is 0.463. The summed E-state index contributed by atoms with van der Waals surface area (Å²) in [6.07, 6.45) is 0. The van der Waals surface area contributed by atoms with Crippen LogP contribution in [0.4, 0.5) is 0 Å². The summed E-state index contributed by atoms with van der Waals surface area (Å²) in [7, 11) is 0. The molecular formula is C55H64O6. The Kier molecular flexibility index (Phi) is 11.2. The number of phenolic OH excluding ortho intramolecular Hbond substituents is 6. The summed E-state index contributed by atoms with van der Waals surface area (Å²) in [6.45, 7) is 37.5. The van der Waals surface area contributed by atoms with Crippen LogP contribution in [0, 0.1) is 132 Å². The molecule has 6 heteroatoms. The van der Waals surface area contributed by atoms with Crippen LogP contribution in [0.25, 0.3) is 55.6 Å². The molecule has 61 heavy (non-hydrogen) atoms. The van der Waals surface area contributed by atoms with Crippen LogP contribution in [0.5, 0.6) is 34.5 Å². The van der Waals surface area contributed by atoms with Gasteiger partial charge in [0.1, 0.15) is 34.5 Å². The number of aromatic hydroxyl groups is 6. The molecule has 0 aliphatic heterocycles. The molecule has 6 N–H and O–H groups in total. The number of aryl methyl sites for hydroxylation is 1. The van der Waals surface area contributed by atoms with Gasteiger partial charge in [-0.25, -0.2) is 0 Å². The van der Waals surface area contributed by atoms with Crippen molar-refractivity contribution in [2.45, 2.75) is 132 Å². The molecule has 0 fully saturated rings. The third-order valence-electron chi connectivity index (χ3n) is 15.0. The van der Waals surface area contributed by atoms with Crippen LogP contribution in [0.1, 0.15) is 106 Å². The monoisotopic (exact) mass is 820 g/mol. The van der Waals surface area contributed by atoms with E-state index in [9.17, 15) is 30.6 Å². The minimum absolute atomic E-state index is 0.0882. The van der Waals surface area contributed by atoms with E-state index in [4.69, 9.17) is 0 Å². The third kappa shape index (κ3) is 6.19. The van der Waals surface area contributed by atoms with Gasteiger partial charge >= 0.3 is 0 Å². The van der Waals surface area contributed by atoms with Crippen LogP contribution in [-0.4, -0.2) is 30.6 Å². The van der Waals surface area contributed by atoms with Crippen molar-refractivity contribution >= 4 is 0 Å². The molecule has 0 amide bonds. The predicted octanol–water partition coefficient (Wildman–Crippen LogP) is 14.1. The van der Waals surface area contributed by atoms with E-state index in [0.717, 1.165) is 117 Å². The minimum atomic E-state index is 0.0882. The van der Waals surface area contributed by atoms with Gasteiger partial charge in [-0.15, -0.1) is 0 Å². The molecular weight excluding hydrogens is 757 g/mol. The van der Waals surface area contributed by atoms with E-state index in [-0.39, 0.29) is 34.5 Å². The average molecular weight is 821 g/mol. The maximum Gasteiger partial charge on any atom is 0.127 e. The number of phenols is 6. The Morgan fingerprint density at radius 3 is 0.656 bits per heavy atom. The lowest BCUT2D eigenvalue weighted by Gasteiger charge is -2.29. The Morgan fingerprint density at radius 1 is 0.197 bits per heavy atom. The normalized spacial score (nSPS) is 11.6. The Labute approximate surface area is 362 Å². The maximum absolute atomic E-state index is 12.3. The molecule has 6 nitrogen and oxygen atoms in total. The van der Waals surface area contributed by atoms with E-state index < -0.39 is 0 Å². The first-order valence-electron chi connectivity index (χ1n) is 21.2. The van der Waals surface area contributed by atoms with Crippen molar-refractivity contribution in [3.8, 4) is 90.1 Å². The van der Waals surface area contributed by atoms with E-state index in [1.165, 1.54) is 0 Å². The lowest BCUT2D eigenvalue weighted by atomic mass is 9.76. The zero-order chi connectivity index (χ0) is 45.9. The van der Waals surface area contributed by atoms with E-state index in [2.05, 4.69) is 0 Å². The predicted molar refractivity (Wildman–Crippen MR) is 254 cm³/mol. The molecule has 0 bridgehead atoms. The second-order valence-corrected chi connectivity index (χ2v) is 18.0. The summed E-state index contributed by atoms with van der Waals surface area (Å²) in [5.74, 6) is 0.899. The molecule has 6 aromatic carbocycles. The number of rotatable bonds is 5. The second-order valence-electron chi connectivity index (χ2n) is 18.0. The number of benzene rings is 6. The van der Waals surface area contributed by atoms with Gasteiger partial charge in [0.05, 0.1) is 0 Å². The highest BCUT2D eigenvalue weighted by Gasteiger charge is 2.32. The lowest BCUT2D eigenvalue weighted by Crippen LogP contribution is -2.06. The Balaban J connectivity index is 1.77. The molecule has 0 atom stereocenters. The molecule has 0 saturated heterocycles. The highest BCUT2D eigenvalue weighted by atomic mass is 16.3. The molecule has 0 radical (unpaired) electrons. The summed E-state index contributed by atoms with van der Waals surface area (Å²) in [4.78, 5) is 0. The first-order valence-corrected chi connectivity index (χ1v) is 21.2. The minimum Gasteiger partial charge on any atom is -0.508 e. The van der Waals surface area contributed by atoms with Crippen molar-refractivity contribution in [1.82, 2.24) is 0 Å². The fourth-order valence-corrected chi connectivity index (χ4v) is 10.4. The average Bonchev–Trinajstić information content (AvgIpc) is 3.21. The van der Waals surface area contributed by atoms with Crippen molar-refractivity contribution in [2.75, 3.05) is 0 Å². The molecule has 0 aromatic heterocycles. The Morgan fingerprint density at radius 2 is 0.393 bits per heavy atom. The van der Waals surface area contributed by atoms with Gasteiger partial charge in [-0.3, -0.25) is 0 Å². The zero-order valence-electron chi connectivity index (χ0n) is 39.8. The molecule has 0 aliphatic carbocycles. The van der Waals surface area contributed by atoms with Crippen molar-refractivity contribution < 1.29 is 30.6 Å². The molecule has 6 rings (SSSR count). The SMILES string of the molecule is Cc1cc(O)c(C)c(C)c1-c1c(C)c(C)c(O)c(-c2c(C)c(-c3c(C)c(C)c(O)c(-c4c(C)c(-c5c(C)c(C)c(O)c(C)c5C)c(C)c(C)c4O)c3C)c(C)c(C)c2O)c1C. The van der Waals surface area contributed by atoms with Crippen molar-refractivity contribution in [3.63, 3.8) is 0 Å². The van der Waals surface area contributed by atoms with Gasteiger partial charge in [0.2, 0.25) is 0 Å². The fourth-order valence-electron chi connectivity index (χ4n) is 10.4. The van der Waals surface area contributed by atoms with Crippen LogP contribution in [-0.2, 0) is 0 Å². The van der Waals surface area contributed by atoms with Crippen molar-refractivity contribution in [2.24, 2.45) is 0 Å². The van der Waals surface area contributed by atoms with Crippen LogP contribution in [0.2, 0.25) is 0 Å². The summed E-state index contributed by atoms with van der Waals surface area (Å²) >= 11 is 0. The topological polar surface area (TPSA) is 121 Å². The molecule has 6 aromatic rings. The standard InChI is InChI=1S/C55H64O6/c1-21-20-40(56)22(2)23(3)41(21)43-26(6)32(12)52(58)47(36(43)16)49-38(18)45(28(8)34(14)54(49)60)46-29(9)35(15)55(61)50(39(46)19)48-37(17)44(27(7)33(13)53(48)59)42-24(4)30(10)51(57)31(11)25(42)5/h20,56-61H,1-19H3. The summed E-state index contributed by atoms with van der Waals surface area (Å²) in [5, 5.41) is 70.6. The van der Waals surface area contributed by atoms with Gasteiger partial charge in [-0.05, 0) is 277 Å². The number of hydrogen-bond donors (Lipinski definition) is 6. The summed E-state index contributed by atoms with van der Waals surface area (Å²) in [5.41, 5.74) is 23.6. The van der Waals surface area contributed by atoms with Gasteiger partial charge in [-0.1, -0.05) is 0 Å². The van der Waals surface area contributed by atoms with Crippen LogP contribution >= 0.6 is 0 Å². The fraction of sp³-hybridized carbons (Fsp3) is 0.345. The Hall–Kier alpha value is -5.88. The largest absolute Gasteiger partial charge is 0.508 e. The van der Waals surface area contributed by atoms with Gasteiger partial charge in [0.25, 0.3) is 0 Å². The first-order chi connectivity index (χ1) is 28.3. The van der Waals surface area contributed by atoms with Gasteiger partial charge in [-0.2, -0.15) is 0 Å². The van der Waals surface area contributed by atoms with E-state index in [0.29, 0.717) is 44.5 Å². The summed E-state index contributed by atoms with van der Waals surface area (Å²) < 4.78 is 0. The summed E-state index contributed by atoms with van der Waals surface area (Å²) in [6, 6.07) is 1.79. The van der Waals surface area contributed by atoms with Crippen LogP contribution in [0.15, 0.2) is 6.07 Å². The highest BCUT2D eigenvalue weighted by molar-refractivity contribution is 5.99. The van der Waals surface area contributed by atoms with E-state index in [1.807, 2.05) is 132 Å². The van der Waals surface area contributed by atoms with Gasteiger partial charge in [0, 0.05) is 22.3 Å². The van der Waals surface area contributed by atoms with Crippen molar-refractivity contribution in [1.29, 1.82) is 0 Å². The highest BCUT2D eigenvalue weighted by Crippen LogP contribution is 2.56. The third-order valence-corrected chi connectivity index (χ3v) is 15.0. The molecule has 0 saturated carbocycles. The van der Waals surface area contributed by atoms with Gasteiger partial charge < -0.3 is 30.6 Å².